The van der Waals surface area contributed by atoms with E-state index in [4.69, 9.17) is 9.47 Å². The predicted octanol–water partition coefficient (Wildman–Crippen LogP) is 1.32. The summed E-state index contributed by atoms with van der Waals surface area (Å²) in [6.45, 7) is 2.60. The van der Waals surface area contributed by atoms with Crippen LogP contribution in [-0.2, 0) is 26.6 Å². The number of rotatable bonds is 6. The van der Waals surface area contributed by atoms with Gasteiger partial charge in [-0.2, -0.15) is 4.31 Å². The third kappa shape index (κ3) is 4.49. The summed E-state index contributed by atoms with van der Waals surface area (Å²) in [6.07, 6.45) is 2.47. The van der Waals surface area contributed by atoms with Gasteiger partial charge >= 0.3 is 5.97 Å². The van der Waals surface area contributed by atoms with Crippen molar-refractivity contribution in [1.29, 1.82) is 0 Å². The normalized spacial score (nSPS) is 19.3. The Morgan fingerprint density at radius 2 is 1.76 bits per heavy atom. The Balaban J connectivity index is 1.46. The first-order valence-corrected chi connectivity index (χ1v) is 12.6. The van der Waals surface area contributed by atoms with Crippen LogP contribution in [0.1, 0.15) is 23.3 Å². The summed E-state index contributed by atoms with van der Waals surface area (Å²) in [6, 6.07) is 8.35. The fourth-order valence-corrected chi connectivity index (χ4v) is 6.32. The number of carbonyl (C=O) groups excluding carboxylic acids is 2. The molecule has 0 radical (unpaired) electrons. The number of aromatic nitrogens is 1. The number of amides is 1. The fraction of sp³-hybridized carbons (Fsp3) is 0.478. The molecular weight excluding hydrogens is 460 g/mol. The molecule has 0 bridgehead atoms. The standard InChI is InChI=1S/C23H30N4O6S/c1-24-16-19(15-21(24)23(29)33-3)34(30,31)27-9-5-8-20(27)22(28)26-12-10-25(11-13-26)17-6-4-7-18(14-17)32-2/h4,6-7,14-16,20H,5,8-13H2,1-3H3. The molecule has 34 heavy (non-hydrogen) atoms. The van der Waals surface area contributed by atoms with E-state index < -0.39 is 22.0 Å². The Morgan fingerprint density at radius 1 is 1.03 bits per heavy atom. The van der Waals surface area contributed by atoms with E-state index >= 15 is 0 Å². The van der Waals surface area contributed by atoms with Crippen LogP contribution < -0.4 is 9.64 Å². The molecule has 1 aromatic carbocycles. The Bertz CT molecular complexity index is 1170. The SMILES string of the molecule is COC(=O)c1cc(S(=O)(=O)N2CCCC2C(=O)N2CCN(c3cccc(OC)c3)CC2)cn1C. The van der Waals surface area contributed by atoms with Gasteiger partial charge in [0.15, 0.2) is 0 Å². The number of benzene rings is 1. The number of nitrogens with zero attached hydrogens (tertiary/aromatic N) is 4. The highest BCUT2D eigenvalue weighted by Gasteiger charge is 2.42. The molecule has 184 valence electrons. The Hall–Kier alpha value is -3.05. The van der Waals surface area contributed by atoms with Gasteiger partial charge in [0, 0.05) is 57.7 Å². The van der Waals surface area contributed by atoms with Gasteiger partial charge in [0.25, 0.3) is 0 Å². The second-order valence-corrected chi connectivity index (χ2v) is 10.3. The monoisotopic (exact) mass is 490 g/mol. The molecule has 0 saturated carbocycles. The second-order valence-electron chi connectivity index (χ2n) is 8.45. The van der Waals surface area contributed by atoms with Crippen molar-refractivity contribution in [1.82, 2.24) is 13.8 Å². The van der Waals surface area contributed by atoms with Crippen LogP contribution in [0.4, 0.5) is 5.69 Å². The molecule has 1 aromatic heterocycles. The summed E-state index contributed by atoms with van der Waals surface area (Å²) in [5.74, 6) is -0.0125. The lowest BCUT2D eigenvalue weighted by atomic mass is 10.1. The van der Waals surface area contributed by atoms with E-state index in [1.807, 2.05) is 24.3 Å². The number of hydrogen-bond donors (Lipinski definition) is 0. The van der Waals surface area contributed by atoms with Gasteiger partial charge in [-0.1, -0.05) is 6.07 Å². The molecule has 10 nitrogen and oxygen atoms in total. The lowest BCUT2D eigenvalue weighted by Crippen LogP contribution is -2.54. The van der Waals surface area contributed by atoms with Gasteiger partial charge in [0.2, 0.25) is 15.9 Å². The van der Waals surface area contributed by atoms with E-state index in [0.717, 1.165) is 11.4 Å². The molecule has 1 amide bonds. The predicted molar refractivity (Wildman–Crippen MR) is 125 cm³/mol. The van der Waals surface area contributed by atoms with Crippen LogP contribution in [0.2, 0.25) is 0 Å². The molecule has 0 spiro atoms. The minimum atomic E-state index is -3.94. The van der Waals surface area contributed by atoms with Crippen molar-refractivity contribution in [3.63, 3.8) is 0 Å². The fourth-order valence-electron chi connectivity index (χ4n) is 4.60. The molecule has 2 aliphatic rings. The zero-order chi connectivity index (χ0) is 24.5. The Morgan fingerprint density at radius 3 is 2.44 bits per heavy atom. The number of sulfonamides is 1. The van der Waals surface area contributed by atoms with Crippen LogP contribution in [0.15, 0.2) is 41.4 Å². The molecule has 0 aliphatic carbocycles. The molecule has 2 fully saturated rings. The van der Waals surface area contributed by atoms with E-state index in [0.29, 0.717) is 39.0 Å². The first kappa shape index (κ1) is 24.1. The maximum absolute atomic E-state index is 13.4. The van der Waals surface area contributed by atoms with Crippen molar-refractivity contribution in [3.8, 4) is 5.75 Å². The van der Waals surface area contributed by atoms with Crippen LogP contribution in [-0.4, -0.2) is 87.1 Å². The van der Waals surface area contributed by atoms with E-state index in [9.17, 15) is 18.0 Å². The van der Waals surface area contributed by atoms with Crippen LogP contribution in [0.3, 0.4) is 0 Å². The molecule has 2 saturated heterocycles. The van der Waals surface area contributed by atoms with Gasteiger partial charge in [-0.3, -0.25) is 4.79 Å². The average molecular weight is 491 g/mol. The van der Waals surface area contributed by atoms with Crippen LogP contribution in [0.5, 0.6) is 5.75 Å². The van der Waals surface area contributed by atoms with Crippen LogP contribution in [0.25, 0.3) is 0 Å². The highest BCUT2D eigenvalue weighted by molar-refractivity contribution is 7.89. The van der Waals surface area contributed by atoms with Gasteiger partial charge in [0.1, 0.15) is 22.4 Å². The van der Waals surface area contributed by atoms with Crippen molar-refractivity contribution in [3.05, 3.63) is 42.2 Å². The largest absolute Gasteiger partial charge is 0.497 e. The zero-order valence-electron chi connectivity index (χ0n) is 19.6. The summed E-state index contributed by atoms with van der Waals surface area (Å²) in [4.78, 5) is 29.2. The van der Waals surface area contributed by atoms with Crippen LogP contribution >= 0.6 is 0 Å². The first-order valence-electron chi connectivity index (χ1n) is 11.2. The number of ether oxygens (including phenoxy) is 2. The number of aryl methyl sites for hydroxylation is 1. The van der Waals surface area contributed by atoms with Crippen molar-refractivity contribution in [2.24, 2.45) is 7.05 Å². The topological polar surface area (TPSA) is 101 Å². The molecule has 1 unspecified atom stereocenters. The lowest BCUT2D eigenvalue weighted by Gasteiger charge is -2.38. The van der Waals surface area contributed by atoms with Crippen molar-refractivity contribution in [2.45, 2.75) is 23.8 Å². The first-order chi connectivity index (χ1) is 16.3. The number of methoxy groups -OCH3 is 2. The van der Waals surface area contributed by atoms with Gasteiger partial charge in [-0.05, 0) is 31.0 Å². The van der Waals surface area contributed by atoms with Crippen molar-refractivity contribution < 1.29 is 27.5 Å². The molecule has 0 N–H and O–H groups in total. The number of anilines is 1. The minimum Gasteiger partial charge on any atom is -0.497 e. The van der Waals surface area contributed by atoms with E-state index in [1.165, 1.54) is 28.2 Å². The summed E-state index contributed by atoms with van der Waals surface area (Å²) < 4.78 is 39.5. The van der Waals surface area contributed by atoms with Gasteiger partial charge in [-0.25, -0.2) is 13.2 Å². The summed E-state index contributed by atoms with van der Waals surface area (Å²) in [7, 11) is 0.510. The Labute approximate surface area is 199 Å². The summed E-state index contributed by atoms with van der Waals surface area (Å²) in [5.41, 5.74) is 1.17. The molecule has 1 atom stereocenters. The quantitative estimate of drug-likeness (QED) is 0.563. The number of hydrogen-bond acceptors (Lipinski definition) is 7. The maximum atomic E-state index is 13.4. The zero-order valence-corrected chi connectivity index (χ0v) is 20.5. The number of carbonyl (C=O) groups is 2. The lowest BCUT2D eigenvalue weighted by molar-refractivity contribution is -0.134. The molecule has 2 aliphatic heterocycles. The Kier molecular flexibility index (Phi) is 6.85. The van der Waals surface area contributed by atoms with Crippen LogP contribution in [0, 0.1) is 0 Å². The molecular formula is C23H30N4O6S. The van der Waals surface area contributed by atoms with Gasteiger partial charge in [0.05, 0.1) is 14.2 Å². The molecule has 3 heterocycles. The van der Waals surface area contributed by atoms with Gasteiger partial charge in [-0.15, -0.1) is 0 Å². The highest BCUT2D eigenvalue weighted by Crippen LogP contribution is 2.29. The smallest absolute Gasteiger partial charge is 0.354 e. The second kappa shape index (κ2) is 9.67. The highest BCUT2D eigenvalue weighted by atomic mass is 32.2. The van der Waals surface area contributed by atoms with Gasteiger partial charge < -0.3 is 23.8 Å². The van der Waals surface area contributed by atoms with E-state index in [2.05, 4.69) is 4.90 Å². The molecule has 2 aromatic rings. The van der Waals surface area contributed by atoms with E-state index in [-0.39, 0.29) is 23.0 Å². The van der Waals surface area contributed by atoms with Crippen molar-refractivity contribution in [2.75, 3.05) is 51.8 Å². The average Bonchev–Trinajstić information content (AvgIpc) is 3.51. The summed E-state index contributed by atoms with van der Waals surface area (Å²) >= 11 is 0. The third-order valence-corrected chi connectivity index (χ3v) is 8.35. The number of esters is 1. The summed E-state index contributed by atoms with van der Waals surface area (Å²) in [5, 5.41) is 0. The van der Waals surface area contributed by atoms with Crippen molar-refractivity contribution >= 4 is 27.6 Å². The maximum Gasteiger partial charge on any atom is 0.354 e. The third-order valence-electron chi connectivity index (χ3n) is 6.48. The molecule has 11 heteroatoms. The number of piperazine rings is 1. The van der Waals surface area contributed by atoms with E-state index in [1.54, 1.807) is 19.1 Å². The molecule has 4 rings (SSSR count). The minimum absolute atomic E-state index is 0.0158.